The number of pyridine rings is 1. The average Bonchev–Trinajstić information content (AvgIpc) is 2.54. The molecule has 2 rings (SSSR count). The zero-order valence-corrected chi connectivity index (χ0v) is 10.7. The Labute approximate surface area is 104 Å². The van der Waals surface area contributed by atoms with E-state index in [-0.39, 0.29) is 0 Å². The number of hydrogen-bond donors (Lipinski definition) is 0. The van der Waals surface area contributed by atoms with Crippen LogP contribution in [0.3, 0.4) is 0 Å². The van der Waals surface area contributed by atoms with Crippen LogP contribution in [0.15, 0.2) is 29.4 Å². The smallest absolute Gasteiger partial charge is 0.129 e. The van der Waals surface area contributed by atoms with Crippen LogP contribution in [0, 0.1) is 6.92 Å². The minimum Gasteiger partial charge on any atom is -0.262 e. The predicted molar refractivity (Wildman–Crippen MR) is 66.8 cm³/mol. The average molecular weight is 254 g/mol. The van der Waals surface area contributed by atoms with Gasteiger partial charge < -0.3 is 0 Å². The Hall–Kier alpha value is -1.00. The Morgan fingerprint density at radius 1 is 1.44 bits per heavy atom. The number of thioether (sulfide) groups is 1. The van der Waals surface area contributed by atoms with Gasteiger partial charge in [0, 0.05) is 19.0 Å². The molecule has 84 valence electrons. The molecule has 2 aromatic heterocycles. The number of nitrogens with zero attached hydrogens (tertiary/aromatic N) is 3. The van der Waals surface area contributed by atoms with Crippen molar-refractivity contribution < 1.29 is 0 Å². The lowest BCUT2D eigenvalue weighted by Gasteiger charge is -2.02. The van der Waals surface area contributed by atoms with Crippen LogP contribution in [0.25, 0.3) is 0 Å². The van der Waals surface area contributed by atoms with E-state index in [1.165, 1.54) is 5.56 Å². The molecule has 3 nitrogen and oxygen atoms in total. The summed E-state index contributed by atoms with van der Waals surface area (Å²) in [6.45, 7) is 1.99. The van der Waals surface area contributed by atoms with Crippen molar-refractivity contribution in [1.29, 1.82) is 0 Å². The van der Waals surface area contributed by atoms with Crippen molar-refractivity contribution in [3.63, 3.8) is 0 Å². The van der Waals surface area contributed by atoms with Crippen molar-refractivity contribution in [1.82, 2.24) is 14.8 Å². The summed E-state index contributed by atoms with van der Waals surface area (Å²) >= 11 is 7.57. The minimum atomic E-state index is 0.541. The highest BCUT2D eigenvalue weighted by atomic mass is 35.5. The normalized spacial score (nSPS) is 10.7. The van der Waals surface area contributed by atoms with Crippen LogP contribution in [0.1, 0.15) is 11.3 Å². The zero-order chi connectivity index (χ0) is 11.5. The third-order valence-corrected chi connectivity index (χ3v) is 3.50. The summed E-state index contributed by atoms with van der Waals surface area (Å²) in [5, 5.41) is 6.00. The summed E-state index contributed by atoms with van der Waals surface area (Å²) in [6.07, 6.45) is 1.73. The van der Waals surface area contributed by atoms with Crippen molar-refractivity contribution in [2.75, 3.05) is 0 Å². The molecule has 0 radical (unpaired) electrons. The fraction of sp³-hybridized carbons (Fsp3) is 0.273. The summed E-state index contributed by atoms with van der Waals surface area (Å²) in [7, 11) is 1.95. The van der Waals surface area contributed by atoms with Gasteiger partial charge in [0.2, 0.25) is 0 Å². The first-order chi connectivity index (χ1) is 7.65. The van der Waals surface area contributed by atoms with Crippen molar-refractivity contribution in [3.05, 3.63) is 40.8 Å². The van der Waals surface area contributed by atoms with Gasteiger partial charge in [0.15, 0.2) is 0 Å². The van der Waals surface area contributed by atoms with Crippen molar-refractivity contribution in [2.45, 2.75) is 17.7 Å². The maximum absolute atomic E-state index is 5.82. The van der Waals surface area contributed by atoms with Crippen molar-refractivity contribution >= 4 is 23.4 Å². The number of rotatable bonds is 3. The molecule has 0 amide bonds. The molecule has 0 aliphatic heterocycles. The van der Waals surface area contributed by atoms with Crippen LogP contribution < -0.4 is 0 Å². The van der Waals surface area contributed by atoms with Crippen molar-refractivity contribution in [3.8, 4) is 0 Å². The quantitative estimate of drug-likeness (QED) is 0.622. The van der Waals surface area contributed by atoms with Gasteiger partial charge in [0.05, 0.1) is 10.7 Å². The van der Waals surface area contributed by atoms with Gasteiger partial charge in [0.25, 0.3) is 0 Å². The SMILES string of the molecule is Cc1cc(SCc2ccnc(Cl)c2)n(C)n1. The molecule has 0 aliphatic rings. The summed E-state index contributed by atoms with van der Waals surface area (Å²) in [5.74, 6) is 0.876. The highest BCUT2D eigenvalue weighted by Crippen LogP contribution is 2.23. The molecule has 0 saturated heterocycles. The molecular weight excluding hydrogens is 242 g/mol. The van der Waals surface area contributed by atoms with E-state index >= 15 is 0 Å². The molecule has 0 aliphatic carbocycles. The number of halogens is 1. The van der Waals surface area contributed by atoms with Gasteiger partial charge in [-0.3, -0.25) is 4.68 Å². The lowest BCUT2D eigenvalue weighted by molar-refractivity contribution is 0.692. The van der Waals surface area contributed by atoms with E-state index < -0.39 is 0 Å². The molecule has 2 aromatic rings. The molecule has 0 fully saturated rings. The van der Waals surface area contributed by atoms with Crippen LogP contribution in [0.2, 0.25) is 5.15 Å². The van der Waals surface area contributed by atoms with Gasteiger partial charge in [-0.1, -0.05) is 11.6 Å². The third kappa shape index (κ3) is 2.77. The van der Waals surface area contributed by atoms with E-state index in [4.69, 9.17) is 11.6 Å². The Kier molecular flexibility index (Phi) is 3.51. The maximum Gasteiger partial charge on any atom is 0.129 e. The van der Waals surface area contributed by atoms with Gasteiger partial charge >= 0.3 is 0 Å². The molecule has 5 heteroatoms. The molecule has 0 atom stereocenters. The van der Waals surface area contributed by atoms with E-state index in [0.29, 0.717) is 5.15 Å². The number of aryl methyl sites for hydroxylation is 2. The highest BCUT2D eigenvalue weighted by molar-refractivity contribution is 7.98. The third-order valence-electron chi connectivity index (χ3n) is 2.14. The molecule has 2 heterocycles. The predicted octanol–water partition coefficient (Wildman–Crippen LogP) is 3.07. The van der Waals surface area contributed by atoms with Crippen LogP contribution in [-0.4, -0.2) is 14.8 Å². The monoisotopic (exact) mass is 253 g/mol. The summed E-state index contributed by atoms with van der Waals surface area (Å²) in [6, 6.07) is 5.94. The topological polar surface area (TPSA) is 30.7 Å². The number of hydrogen-bond acceptors (Lipinski definition) is 3. The second kappa shape index (κ2) is 4.89. The summed E-state index contributed by atoms with van der Waals surface area (Å²) < 4.78 is 1.89. The van der Waals surface area contributed by atoms with Gasteiger partial charge in [-0.2, -0.15) is 5.10 Å². The fourth-order valence-electron chi connectivity index (χ4n) is 1.41. The Balaban J connectivity index is 2.05. The number of aromatic nitrogens is 3. The highest BCUT2D eigenvalue weighted by Gasteiger charge is 2.03. The van der Waals surface area contributed by atoms with E-state index in [1.54, 1.807) is 18.0 Å². The van der Waals surface area contributed by atoms with Crippen LogP contribution in [-0.2, 0) is 12.8 Å². The van der Waals surface area contributed by atoms with Crippen LogP contribution >= 0.6 is 23.4 Å². The fourth-order valence-corrected chi connectivity index (χ4v) is 2.58. The molecular formula is C11H12ClN3S. The van der Waals surface area contributed by atoms with Crippen LogP contribution in [0.4, 0.5) is 0 Å². The van der Waals surface area contributed by atoms with E-state index in [1.807, 2.05) is 30.8 Å². The lowest BCUT2D eigenvalue weighted by atomic mass is 10.3. The first-order valence-corrected chi connectivity index (χ1v) is 6.25. The molecule has 0 N–H and O–H groups in total. The summed E-state index contributed by atoms with van der Waals surface area (Å²) in [4.78, 5) is 3.96. The van der Waals surface area contributed by atoms with Gasteiger partial charge in [-0.15, -0.1) is 11.8 Å². The molecule has 16 heavy (non-hydrogen) atoms. The summed E-state index contributed by atoms with van der Waals surface area (Å²) in [5.41, 5.74) is 2.21. The van der Waals surface area contributed by atoms with Crippen LogP contribution in [0.5, 0.6) is 0 Å². The van der Waals surface area contributed by atoms with Gasteiger partial charge in [-0.05, 0) is 30.7 Å². The first-order valence-electron chi connectivity index (χ1n) is 4.89. The Morgan fingerprint density at radius 3 is 2.88 bits per heavy atom. The van der Waals surface area contributed by atoms with Crippen molar-refractivity contribution in [2.24, 2.45) is 7.05 Å². The molecule has 0 bridgehead atoms. The molecule has 0 spiro atoms. The minimum absolute atomic E-state index is 0.541. The lowest BCUT2D eigenvalue weighted by Crippen LogP contribution is -1.92. The molecule has 0 unspecified atom stereocenters. The van der Waals surface area contributed by atoms with E-state index in [0.717, 1.165) is 16.5 Å². The largest absolute Gasteiger partial charge is 0.262 e. The molecule has 0 saturated carbocycles. The maximum atomic E-state index is 5.82. The van der Waals surface area contributed by atoms with E-state index in [9.17, 15) is 0 Å². The van der Waals surface area contributed by atoms with Gasteiger partial charge in [0.1, 0.15) is 5.15 Å². The standard InChI is InChI=1S/C11H12ClN3S/c1-8-5-11(15(2)14-8)16-7-9-3-4-13-10(12)6-9/h3-6H,7H2,1-2H3. The second-order valence-electron chi connectivity index (χ2n) is 3.52. The van der Waals surface area contributed by atoms with E-state index in [2.05, 4.69) is 16.1 Å². The Morgan fingerprint density at radius 2 is 2.25 bits per heavy atom. The zero-order valence-electron chi connectivity index (χ0n) is 9.14. The van der Waals surface area contributed by atoms with Gasteiger partial charge in [-0.25, -0.2) is 4.98 Å². The first kappa shape index (κ1) is 11.5. The Bertz CT molecular complexity index is 496. The molecule has 0 aromatic carbocycles. The second-order valence-corrected chi connectivity index (χ2v) is 4.91.